The lowest BCUT2D eigenvalue weighted by molar-refractivity contribution is 0.0131. The molecular formula is C15H25O+. The molecule has 1 heteroatoms. The molecule has 0 amide bonds. The zero-order chi connectivity index (χ0) is 12.2. The second-order valence-corrected chi connectivity index (χ2v) is 5.45. The molecule has 2 unspecified atom stereocenters. The van der Waals surface area contributed by atoms with E-state index < -0.39 is 5.60 Å². The highest BCUT2D eigenvalue weighted by molar-refractivity contribution is 5.07. The zero-order valence-corrected chi connectivity index (χ0v) is 10.9. The van der Waals surface area contributed by atoms with E-state index in [1.165, 1.54) is 11.1 Å². The third-order valence-corrected chi connectivity index (χ3v) is 3.53. The fraction of sp³-hybridized carbons (Fsp3) is 0.667. The van der Waals surface area contributed by atoms with Crippen molar-refractivity contribution in [2.24, 2.45) is 5.92 Å². The molecular weight excluding hydrogens is 196 g/mol. The highest BCUT2D eigenvalue weighted by atomic mass is 16.3. The van der Waals surface area contributed by atoms with Gasteiger partial charge in [-0.25, -0.2) is 0 Å². The van der Waals surface area contributed by atoms with Crippen molar-refractivity contribution in [3.05, 3.63) is 30.2 Å². The standard InChI is InChI=1S/C15H25O/c1-12(2)6-5-11-15(4,16)14-9-7-13(3)8-10-14/h6-7,14,16H,4-5,8-11H2,1-3H3/q+1. The quantitative estimate of drug-likeness (QED) is 0.561. The fourth-order valence-corrected chi connectivity index (χ4v) is 2.27. The Hall–Kier alpha value is -0.690. The molecule has 0 aromatic carbocycles. The molecule has 0 heterocycles. The molecule has 0 aromatic heterocycles. The van der Waals surface area contributed by atoms with Crippen molar-refractivity contribution in [1.29, 1.82) is 0 Å². The van der Waals surface area contributed by atoms with Gasteiger partial charge in [0, 0.05) is 12.3 Å². The van der Waals surface area contributed by atoms with Crippen LogP contribution in [0.3, 0.4) is 0 Å². The Balaban J connectivity index is 2.47. The average Bonchev–Trinajstić information content (AvgIpc) is 2.17. The van der Waals surface area contributed by atoms with Crippen LogP contribution in [0.15, 0.2) is 23.3 Å². The minimum atomic E-state index is -0.747. The van der Waals surface area contributed by atoms with Gasteiger partial charge >= 0.3 is 0 Å². The van der Waals surface area contributed by atoms with Crippen LogP contribution in [0.25, 0.3) is 0 Å². The molecule has 0 radical (unpaired) electrons. The van der Waals surface area contributed by atoms with Gasteiger partial charge in [-0.3, -0.25) is 0 Å². The van der Waals surface area contributed by atoms with E-state index >= 15 is 0 Å². The number of hydrogen-bond donors (Lipinski definition) is 1. The van der Waals surface area contributed by atoms with E-state index in [-0.39, 0.29) is 0 Å². The van der Waals surface area contributed by atoms with Crippen LogP contribution in [0, 0.1) is 12.8 Å². The van der Waals surface area contributed by atoms with Crippen LogP contribution in [-0.2, 0) is 0 Å². The fourth-order valence-electron chi connectivity index (χ4n) is 2.27. The van der Waals surface area contributed by atoms with E-state index in [9.17, 15) is 5.11 Å². The Kier molecular flexibility index (Phi) is 4.67. The minimum absolute atomic E-state index is 0.335. The molecule has 0 aliphatic heterocycles. The molecule has 0 aromatic rings. The number of rotatable bonds is 4. The maximum absolute atomic E-state index is 10.4. The summed E-state index contributed by atoms with van der Waals surface area (Å²) in [6, 6.07) is 0. The van der Waals surface area contributed by atoms with Crippen molar-refractivity contribution in [3.8, 4) is 0 Å². The van der Waals surface area contributed by atoms with Crippen molar-refractivity contribution in [2.75, 3.05) is 0 Å². The van der Waals surface area contributed by atoms with Crippen LogP contribution in [0.1, 0.15) is 52.9 Å². The summed E-state index contributed by atoms with van der Waals surface area (Å²) in [5.41, 5.74) is 2.02. The Morgan fingerprint density at radius 3 is 2.81 bits per heavy atom. The summed E-state index contributed by atoms with van der Waals surface area (Å²) in [6.07, 6.45) is 9.32. The van der Waals surface area contributed by atoms with Gasteiger partial charge in [0.2, 0.25) is 5.60 Å². The van der Waals surface area contributed by atoms with E-state index in [1.54, 1.807) is 0 Å². The molecule has 1 aliphatic rings. The lowest BCUT2D eigenvalue weighted by Gasteiger charge is -2.29. The van der Waals surface area contributed by atoms with E-state index in [4.69, 9.17) is 0 Å². The lowest BCUT2D eigenvalue weighted by atomic mass is 9.76. The van der Waals surface area contributed by atoms with Crippen molar-refractivity contribution in [2.45, 2.75) is 58.5 Å². The SMILES string of the molecule is [CH2+]C(O)(CCC=C(C)C)C1CC=C(C)CC1. The summed E-state index contributed by atoms with van der Waals surface area (Å²) in [5, 5.41) is 10.4. The largest absolute Gasteiger partial charge is 0.351 e. The highest BCUT2D eigenvalue weighted by Gasteiger charge is 2.38. The Labute approximate surface area is 100 Å². The summed E-state index contributed by atoms with van der Waals surface area (Å²) in [5.74, 6) is 0.335. The third-order valence-electron chi connectivity index (χ3n) is 3.53. The van der Waals surface area contributed by atoms with Gasteiger partial charge in [0.25, 0.3) is 0 Å². The summed E-state index contributed by atoms with van der Waals surface area (Å²) in [6.45, 7) is 10.4. The van der Waals surface area contributed by atoms with E-state index in [0.29, 0.717) is 5.92 Å². The summed E-state index contributed by atoms with van der Waals surface area (Å²) in [4.78, 5) is 0. The maximum atomic E-state index is 10.4. The van der Waals surface area contributed by atoms with Crippen LogP contribution in [0.2, 0.25) is 0 Å². The first-order valence-corrected chi connectivity index (χ1v) is 6.28. The first-order chi connectivity index (χ1) is 7.42. The predicted octanol–water partition coefficient (Wildman–Crippen LogP) is 4.04. The Morgan fingerprint density at radius 2 is 2.31 bits per heavy atom. The van der Waals surface area contributed by atoms with E-state index in [1.807, 2.05) is 0 Å². The first kappa shape index (κ1) is 13.4. The predicted molar refractivity (Wildman–Crippen MR) is 70.1 cm³/mol. The van der Waals surface area contributed by atoms with Gasteiger partial charge < -0.3 is 5.11 Å². The smallest absolute Gasteiger partial charge is 0.205 e. The number of allylic oxidation sites excluding steroid dienone is 4. The second-order valence-electron chi connectivity index (χ2n) is 5.45. The molecule has 90 valence electrons. The van der Waals surface area contributed by atoms with Crippen LogP contribution in [0.5, 0.6) is 0 Å². The average molecular weight is 221 g/mol. The van der Waals surface area contributed by atoms with Crippen LogP contribution in [-0.4, -0.2) is 10.7 Å². The molecule has 1 rings (SSSR count). The molecule has 1 N–H and O–H groups in total. The van der Waals surface area contributed by atoms with Gasteiger partial charge in [0.15, 0.2) is 0 Å². The summed E-state index contributed by atoms with van der Waals surface area (Å²) in [7, 11) is 0. The lowest BCUT2D eigenvalue weighted by Crippen LogP contribution is -2.35. The van der Waals surface area contributed by atoms with Crippen molar-refractivity contribution in [3.63, 3.8) is 0 Å². The van der Waals surface area contributed by atoms with Crippen molar-refractivity contribution < 1.29 is 5.11 Å². The maximum Gasteiger partial charge on any atom is 0.205 e. The normalized spacial score (nSPS) is 24.5. The van der Waals surface area contributed by atoms with Crippen LogP contribution in [0.4, 0.5) is 0 Å². The van der Waals surface area contributed by atoms with Crippen molar-refractivity contribution in [1.82, 2.24) is 0 Å². The summed E-state index contributed by atoms with van der Waals surface area (Å²) >= 11 is 0. The number of hydrogen-bond acceptors (Lipinski definition) is 1. The Morgan fingerprint density at radius 1 is 1.62 bits per heavy atom. The van der Waals surface area contributed by atoms with E-state index in [2.05, 4.69) is 39.8 Å². The minimum Gasteiger partial charge on any atom is -0.351 e. The third kappa shape index (κ3) is 4.05. The van der Waals surface area contributed by atoms with Gasteiger partial charge in [-0.2, -0.15) is 0 Å². The molecule has 0 saturated heterocycles. The summed E-state index contributed by atoms with van der Waals surface area (Å²) < 4.78 is 0. The molecule has 16 heavy (non-hydrogen) atoms. The highest BCUT2D eigenvalue weighted by Crippen LogP contribution is 2.34. The van der Waals surface area contributed by atoms with Gasteiger partial charge in [0.1, 0.15) is 0 Å². The molecule has 0 spiro atoms. The molecule has 1 aliphatic carbocycles. The van der Waals surface area contributed by atoms with Gasteiger partial charge in [-0.05, 0) is 46.5 Å². The molecule has 0 bridgehead atoms. The van der Waals surface area contributed by atoms with E-state index in [0.717, 1.165) is 32.1 Å². The number of aliphatic hydroxyl groups is 1. The molecule has 0 fully saturated rings. The Bertz CT molecular complexity index is 280. The van der Waals surface area contributed by atoms with Crippen LogP contribution < -0.4 is 0 Å². The van der Waals surface area contributed by atoms with Crippen molar-refractivity contribution >= 4 is 0 Å². The van der Waals surface area contributed by atoms with Gasteiger partial charge in [-0.1, -0.05) is 23.3 Å². The monoisotopic (exact) mass is 221 g/mol. The zero-order valence-electron chi connectivity index (χ0n) is 10.9. The molecule has 0 saturated carbocycles. The first-order valence-electron chi connectivity index (χ1n) is 6.28. The molecule has 1 nitrogen and oxygen atoms in total. The van der Waals surface area contributed by atoms with Crippen LogP contribution >= 0.6 is 0 Å². The molecule has 2 atom stereocenters. The van der Waals surface area contributed by atoms with Gasteiger partial charge in [0.05, 0.1) is 6.92 Å². The van der Waals surface area contributed by atoms with Gasteiger partial charge in [-0.15, -0.1) is 0 Å². The second kappa shape index (κ2) is 5.58. The topological polar surface area (TPSA) is 20.2 Å².